The quantitative estimate of drug-likeness (QED) is 0.646. The van der Waals surface area contributed by atoms with Crippen LogP contribution in [0, 0.1) is 0 Å². The Morgan fingerprint density at radius 2 is 2.45 bits per heavy atom. The number of nitrogens with one attached hydrogen (secondary N) is 1. The predicted molar refractivity (Wildman–Crippen MR) is 81.4 cm³/mol. The number of thiazole rings is 1. The summed E-state index contributed by atoms with van der Waals surface area (Å²) in [6.07, 6.45) is 5.11. The Morgan fingerprint density at radius 1 is 1.60 bits per heavy atom. The van der Waals surface area contributed by atoms with Gasteiger partial charge in [-0.15, -0.1) is 11.3 Å². The molecule has 1 aromatic heterocycles. The fraction of sp³-hybridized carbons (Fsp3) is 0.714. The number of ether oxygens (including phenoxy) is 1. The van der Waals surface area contributed by atoms with Gasteiger partial charge < -0.3 is 15.0 Å². The number of aromatic nitrogens is 1. The molecule has 0 amide bonds. The number of hydrogen-bond donors (Lipinski definition) is 1. The average molecular weight is 297 g/mol. The second-order valence-corrected chi connectivity index (χ2v) is 6.05. The smallest absolute Gasteiger partial charge is 0.357 e. The molecule has 1 saturated heterocycles. The molecule has 2 heterocycles. The Morgan fingerprint density at radius 3 is 3.20 bits per heavy atom. The van der Waals surface area contributed by atoms with E-state index in [1.54, 1.807) is 5.38 Å². The maximum atomic E-state index is 11.3. The molecule has 5 nitrogen and oxygen atoms in total. The van der Waals surface area contributed by atoms with Gasteiger partial charge in [-0.1, -0.05) is 6.42 Å². The van der Waals surface area contributed by atoms with Crippen molar-refractivity contribution in [2.24, 2.45) is 0 Å². The minimum absolute atomic E-state index is 0.378. The van der Waals surface area contributed by atoms with Crippen molar-refractivity contribution in [3.05, 3.63) is 11.1 Å². The molecule has 1 aliphatic heterocycles. The number of rotatable bonds is 6. The van der Waals surface area contributed by atoms with Crippen molar-refractivity contribution in [3.63, 3.8) is 0 Å². The Bertz CT molecular complexity index is 436. The Hall–Kier alpha value is -1.14. The van der Waals surface area contributed by atoms with Crippen molar-refractivity contribution in [2.75, 3.05) is 32.1 Å². The van der Waals surface area contributed by atoms with Crippen LogP contribution in [0.2, 0.25) is 0 Å². The van der Waals surface area contributed by atoms with Crippen molar-refractivity contribution < 1.29 is 9.53 Å². The van der Waals surface area contributed by atoms with Gasteiger partial charge in [-0.3, -0.25) is 0 Å². The summed E-state index contributed by atoms with van der Waals surface area (Å²) in [6, 6.07) is 0.717. The molecule has 0 bridgehead atoms. The minimum atomic E-state index is -0.378. The summed E-state index contributed by atoms with van der Waals surface area (Å²) in [7, 11) is 1.37. The SMILES string of the molecule is COC(=O)c1csc(NCCCN2CCCCC2C)n1. The zero-order valence-electron chi connectivity index (χ0n) is 12.2. The van der Waals surface area contributed by atoms with E-state index in [0.717, 1.165) is 30.7 Å². The van der Waals surface area contributed by atoms with Gasteiger partial charge in [0.15, 0.2) is 10.8 Å². The number of esters is 1. The third-order valence-corrected chi connectivity index (χ3v) is 4.54. The molecular weight excluding hydrogens is 274 g/mol. The highest BCUT2D eigenvalue weighted by molar-refractivity contribution is 7.13. The number of carbonyl (C=O) groups is 1. The van der Waals surface area contributed by atoms with Gasteiger partial charge in [0.05, 0.1) is 7.11 Å². The van der Waals surface area contributed by atoms with Crippen molar-refractivity contribution >= 4 is 22.4 Å². The fourth-order valence-corrected chi connectivity index (χ4v) is 3.23. The van der Waals surface area contributed by atoms with Crippen LogP contribution in [-0.4, -0.2) is 48.6 Å². The molecule has 0 radical (unpaired) electrons. The van der Waals surface area contributed by atoms with Crippen molar-refractivity contribution in [1.29, 1.82) is 0 Å². The highest BCUT2D eigenvalue weighted by Crippen LogP contribution is 2.17. The van der Waals surface area contributed by atoms with Crippen LogP contribution in [0.5, 0.6) is 0 Å². The van der Waals surface area contributed by atoms with E-state index in [4.69, 9.17) is 0 Å². The van der Waals surface area contributed by atoms with Gasteiger partial charge in [0.1, 0.15) is 0 Å². The molecule has 0 saturated carbocycles. The molecule has 2 rings (SSSR count). The number of methoxy groups -OCH3 is 1. The third kappa shape index (κ3) is 4.18. The topological polar surface area (TPSA) is 54.5 Å². The molecule has 1 atom stereocenters. The number of anilines is 1. The van der Waals surface area contributed by atoms with E-state index in [0.29, 0.717) is 5.69 Å². The van der Waals surface area contributed by atoms with E-state index >= 15 is 0 Å². The molecule has 1 aliphatic rings. The molecule has 0 spiro atoms. The minimum Gasteiger partial charge on any atom is -0.464 e. The zero-order valence-corrected chi connectivity index (χ0v) is 13.0. The summed E-state index contributed by atoms with van der Waals surface area (Å²) in [5.41, 5.74) is 0.379. The summed E-state index contributed by atoms with van der Waals surface area (Å²) in [5.74, 6) is -0.378. The van der Waals surface area contributed by atoms with Gasteiger partial charge in [-0.2, -0.15) is 0 Å². The van der Waals surface area contributed by atoms with Gasteiger partial charge in [0, 0.05) is 24.5 Å². The van der Waals surface area contributed by atoms with Gasteiger partial charge in [0.25, 0.3) is 0 Å². The van der Waals surface area contributed by atoms with Gasteiger partial charge >= 0.3 is 5.97 Å². The van der Waals surface area contributed by atoms with Crippen LogP contribution in [0.4, 0.5) is 5.13 Å². The number of piperidine rings is 1. The highest BCUT2D eigenvalue weighted by Gasteiger charge is 2.17. The molecular formula is C14H23N3O2S. The zero-order chi connectivity index (χ0) is 14.4. The number of likely N-dealkylation sites (tertiary alicyclic amines) is 1. The fourth-order valence-electron chi connectivity index (χ4n) is 2.52. The first-order valence-corrected chi connectivity index (χ1v) is 8.10. The summed E-state index contributed by atoms with van der Waals surface area (Å²) >= 11 is 1.44. The van der Waals surface area contributed by atoms with Gasteiger partial charge in [-0.05, 0) is 32.7 Å². The lowest BCUT2D eigenvalue weighted by Gasteiger charge is -2.33. The Kier molecular flexibility index (Phi) is 5.79. The van der Waals surface area contributed by atoms with Crippen molar-refractivity contribution in [2.45, 2.75) is 38.6 Å². The van der Waals surface area contributed by atoms with Crippen LogP contribution < -0.4 is 5.32 Å². The third-order valence-electron chi connectivity index (χ3n) is 3.74. The van der Waals surface area contributed by atoms with Gasteiger partial charge in [-0.25, -0.2) is 9.78 Å². The second-order valence-electron chi connectivity index (χ2n) is 5.19. The number of carbonyl (C=O) groups excluding carboxylic acids is 1. The van der Waals surface area contributed by atoms with Crippen LogP contribution in [0.25, 0.3) is 0 Å². The number of nitrogens with zero attached hydrogens (tertiary/aromatic N) is 2. The van der Waals surface area contributed by atoms with E-state index < -0.39 is 0 Å². The lowest BCUT2D eigenvalue weighted by atomic mass is 10.0. The second kappa shape index (κ2) is 7.59. The van der Waals surface area contributed by atoms with Crippen LogP contribution in [0.15, 0.2) is 5.38 Å². The first kappa shape index (κ1) is 15.3. The summed E-state index contributed by atoms with van der Waals surface area (Å²) < 4.78 is 4.64. The van der Waals surface area contributed by atoms with E-state index in [9.17, 15) is 4.79 Å². The molecule has 1 unspecified atom stereocenters. The van der Waals surface area contributed by atoms with Gasteiger partial charge in [0.2, 0.25) is 0 Å². The van der Waals surface area contributed by atoms with Crippen molar-refractivity contribution in [3.8, 4) is 0 Å². The lowest BCUT2D eigenvalue weighted by molar-refractivity contribution is 0.0595. The highest BCUT2D eigenvalue weighted by atomic mass is 32.1. The first-order valence-electron chi connectivity index (χ1n) is 7.22. The van der Waals surface area contributed by atoms with Crippen molar-refractivity contribution in [1.82, 2.24) is 9.88 Å². The van der Waals surface area contributed by atoms with Crippen LogP contribution >= 0.6 is 11.3 Å². The maximum absolute atomic E-state index is 11.3. The molecule has 6 heteroatoms. The van der Waals surface area contributed by atoms with E-state index in [-0.39, 0.29) is 5.97 Å². The standard InChI is InChI=1S/C14H23N3O2S/c1-11-6-3-4-8-17(11)9-5-7-15-14-16-12(10-20-14)13(18)19-2/h10-11H,3-9H2,1-2H3,(H,15,16). The molecule has 0 aliphatic carbocycles. The molecule has 0 aromatic carbocycles. The maximum Gasteiger partial charge on any atom is 0.357 e. The molecule has 1 N–H and O–H groups in total. The number of hydrogen-bond acceptors (Lipinski definition) is 6. The largest absolute Gasteiger partial charge is 0.464 e. The van der Waals surface area contributed by atoms with E-state index in [1.165, 1.54) is 44.3 Å². The molecule has 1 fully saturated rings. The summed E-state index contributed by atoms with van der Waals surface area (Å²) in [4.78, 5) is 18.0. The first-order chi connectivity index (χ1) is 9.70. The lowest BCUT2D eigenvalue weighted by Crippen LogP contribution is -2.38. The Labute approximate surface area is 124 Å². The molecule has 112 valence electrons. The van der Waals surface area contributed by atoms with E-state index in [1.807, 2.05) is 0 Å². The molecule has 20 heavy (non-hydrogen) atoms. The predicted octanol–water partition coefficient (Wildman–Crippen LogP) is 2.61. The van der Waals surface area contributed by atoms with E-state index in [2.05, 4.69) is 26.9 Å². The summed E-state index contributed by atoms with van der Waals surface area (Å²) in [5, 5.41) is 5.78. The molecule has 1 aromatic rings. The monoisotopic (exact) mass is 297 g/mol. The van der Waals surface area contributed by atoms with Crippen LogP contribution in [-0.2, 0) is 4.74 Å². The summed E-state index contributed by atoms with van der Waals surface area (Å²) in [6.45, 7) is 5.56. The average Bonchev–Trinajstić information content (AvgIpc) is 2.93. The Balaban J connectivity index is 1.68. The van der Waals surface area contributed by atoms with Crippen LogP contribution in [0.1, 0.15) is 43.1 Å². The normalized spacial score (nSPS) is 19.8. The van der Waals surface area contributed by atoms with Crippen LogP contribution in [0.3, 0.4) is 0 Å².